The highest BCUT2D eigenvalue weighted by molar-refractivity contribution is 5.78. The molecule has 106 valence electrons. The van der Waals surface area contributed by atoms with E-state index in [1.807, 2.05) is 24.5 Å². The molecule has 1 aromatic heterocycles. The summed E-state index contributed by atoms with van der Waals surface area (Å²) in [5.74, 6) is 0.242. The predicted molar refractivity (Wildman–Crippen MR) is 73.8 cm³/mol. The topological polar surface area (TPSA) is 53.4 Å². The van der Waals surface area contributed by atoms with Crippen LogP contribution in [0, 0.1) is 0 Å². The maximum atomic E-state index is 12.0. The summed E-state index contributed by atoms with van der Waals surface area (Å²) in [6.07, 6.45) is 6.61. The van der Waals surface area contributed by atoms with E-state index in [1.165, 1.54) is 0 Å². The molecule has 0 spiro atoms. The van der Waals surface area contributed by atoms with E-state index in [-0.39, 0.29) is 5.91 Å². The van der Waals surface area contributed by atoms with Crippen LogP contribution in [0.5, 0.6) is 0 Å². The average molecular weight is 265 g/mol. The Kier molecular flexibility index (Phi) is 5.35. The first kappa shape index (κ1) is 14.0. The Labute approximate surface area is 114 Å². The Hall–Kier alpha value is -1.40. The number of hydrogen-bond acceptors (Lipinski definition) is 4. The SMILES string of the molecule is CN(CCCn1ccnc1)CC(=O)N1CCNCC1. The van der Waals surface area contributed by atoms with Crippen molar-refractivity contribution in [1.82, 2.24) is 24.7 Å². The number of nitrogens with zero attached hydrogens (tertiary/aromatic N) is 4. The number of piperazine rings is 1. The second-order valence-electron chi connectivity index (χ2n) is 5.02. The van der Waals surface area contributed by atoms with Gasteiger partial charge in [-0.25, -0.2) is 4.98 Å². The molecule has 0 aromatic carbocycles. The largest absolute Gasteiger partial charge is 0.339 e. The molecular weight excluding hydrogens is 242 g/mol. The van der Waals surface area contributed by atoms with E-state index >= 15 is 0 Å². The van der Waals surface area contributed by atoms with Crippen LogP contribution in [0.15, 0.2) is 18.7 Å². The monoisotopic (exact) mass is 265 g/mol. The van der Waals surface area contributed by atoms with Gasteiger partial charge in [-0.2, -0.15) is 0 Å². The van der Waals surface area contributed by atoms with Gasteiger partial charge in [-0.1, -0.05) is 0 Å². The van der Waals surface area contributed by atoms with Crippen molar-refractivity contribution in [2.45, 2.75) is 13.0 Å². The summed E-state index contributed by atoms with van der Waals surface area (Å²) in [5.41, 5.74) is 0. The second-order valence-corrected chi connectivity index (χ2v) is 5.02. The Bertz CT molecular complexity index is 372. The van der Waals surface area contributed by atoms with Crippen molar-refractivity contribution in [2.75, 3.05) is 46.3 Å². The van der Waals surface area contributed by atoms with E-state index < -0.39 is 0 Å². The number of carbonyl (C=O) groups excluding carboxylic acids is 1. The normalized spacial score (nSPS) is 16.0. The fourth-order valence-corrected chi connectivity index (χ4v) is 2.27. The maximum Gasteiger partial charge on any atom is 0.236 e. The van der Waals surface area contributed by atoms with Crippen LogP contribution in [0.25, 0.3) is 0 Å². The van der Waals surface area contributed by atoms with Crippen LogP contribution >= 0.6 is 0 Å². The predicted octanol–water partition coefficient (Wildman–Crippen LogP) is -0.363. The molecule has 1 saturated heterocycles. The minimum Gasteiger partial charge on any atom is -0.339 e. The number of aromatic nitrogens is 2. The van der Waals surface area contributed by atoms with Crippen LogP contribution in [0.3, 0.4) is 0 Å². The first-order valence-corrected chi connectivity index (χ1v) is 6.88. The van der Waals surface area contributed by atoms with Gasteiger partial charge >= 0.3 is 0 Å². The van der Waals surface area contributed by atoms with E-state index in [4.69, 9.17) is 0 Å². The number of imidazole rings is 1. The molecule has 6 nitrogen and oxygen atoms in total. The maximum absolute atomic E-state index is 12.0. The minimum atomic E-state index is 0.242. The van der Waals surface area contributed by atoms with Crippen molar-refractivity contribution in [3.63, 3.8) is 0 Å². The molecular formula is C13H23N5O. The van der Waals surface area contributed by atoms with E-state index in [2.05, 4.69) is 19.8 Å². The molecule has 1 aliphatic heterocycles. The van der Waals surface area contributed by atoms with E-state index in [0.29, 0.717) is 6.54 Å². The van der Waals surface area contributed by atoms with Crippen LogP contribution in [0.1, 0.15) is 6.42 Å². The van der Waals surface area contributed by atoms with Gasteiger partial charge in [-0.3, -0.25) is 9.69 Å². The third-order valence-electron chi connectivity index (χ3n) is 3.39. The summed E-state index contributed by atoms with van der Waals surface area (Å²) in [5, 5.41) is 3.26. The zero-order valence-electron chi connectivity index (χ0n) is 11.6. The fraction of sp³-hybridized carbons (Fsp3) is 0.692. The molecule has 0 unspecified atom stereocenters. The summed E-state index contributed by atoms with van der Waals surface area (Å²) in [6.45, 7) is 5.89. The molecule has 0 atom stereocenters. The summed E-state index contributed by atoms with van der Waals surface area (Å²) < 4.78 is 2.06. The number of aryl methyl sites for hydroxylation is 1. The Morgan fingerprint density at radius 3 is 2.89 bits per heavy atom. The molecule has 6 heteroatoms. The zero-order chi connectivity index (χ0) is 13.5. The van der Waals surface area contributed by atoms with Gasteiger partial charge in [0, 0.05) is 51.7 Å². The number of rotatable bonds is 6. The molecule has 0 saturated carbocycles. The van der Waals surface area contributed by atoms with Gasteiger partial charge in [-0.15, -0.1) is 0 Å². The molecule has 1 amide bonds. The molecule has 1 aliphatic rings. The van der Waals surface area contributed by atoms with Gasteiger partial charge in [0.15, 0.2) is 0 Å². The molecule has 0 radical (unpaired) electrons. The van der Waals surface area contributed by atoms with Gasteiger partial charge in [0.2, 0.25) is 5.91 Å². The lowest BCUT2D eigenvalue weighted by atomic mass is 10.3. The molecule has 0 bridgehead atoms. The lowest BCUT2D eigenvalue weighted by molar-refractivity contribution is -0.132. The van der Waals surface area contributed by atoms with Crippen LogP contribution < -0.4 is 5.32 Å². The highest BCUT2D eigenvalue weighted by Crippen LogP contribution is 1.97. The Morgan fingerprint density at radius 2 is 2.21 bits per heavy atom. The first-order valence-electron chi connectivity index (χ1n) is 6.88. The Balaban J connectivity index is 1.63. The number of carbonyl (C=O) groups is 1. The first-order chi connectivity index (χ1) is 9.25. The van der Waals surface area contributed by atoms with Crippen LogP contribution in [-0.2, 0) is 11.3 Å². The molecule has 1 fully saturated rings. The van der Waals surface area contributed by atoms with Gasteiger partial charge < -0.3 is 14.8 Å². The number of likely N-dealkylation sites (N-methyl/N-ethyl adjacent to an activating group) is 1. The molecule has 2 heterocycles. The van der Waals surface area contributed by atoms with Gasteiger partial charge in [-0.05, 0) is 13.5 Å². The van der Waals surface area contributed by atoms with Crippen molar-refractivity contribution >= 4 is 5.91 Å². The lowest BCUT2D eigenvalue weighted by Crippen LogP contribution is -2.49. The zero-order valence-corrected chi connectivity index (χ0v) is 11.6. The van der Waals surface area contributed by atoms with Crippen molar-refractivity contribution in [3.8, 4) is 0 Å². The molecule has 1 aromatic rings. The third kappa shape index (κ3) is 4.65. The quantitative estimate of drug-likeness (QED) is 0.763. The summed E-state index contributed by atoms with van der Waals surface area (Å²) in [4.78, 5) is 20.1. The summed E-state index contributed by atoms with van der Waals surface area (Å²) in [7, 11) is 2.01. The third-order valence-corrected chi connectivity index (χ3v) is 3.39. The molecule has 1 N–H and O–H groups in total. The lowest BCUT2D eigenvalue weighted by Gasteiger charge is -2.29. The number of nitrogens with one attached hydrogen (secondary N) is 1. The minimum absolute atomic E-state index is 0.242. The smallest absolute Gasteiger partial charge is 0.236 e. The standard InChI is InChI=1S/C13H23N5O/c1-16(6-2-7-17-8-3-15-12-17)11-13(19)18-9-4-14-5-10-18/h3,8,12,14H,2,4-7,9-11H2,1H3. The highest BCUT2D eigenvalue weighted by Gasteiger charge is 2.17. The van der Waals surface area contributed by atoms with Crippen LogP contribution in [0.4, 0.5) is 0 Å². The van der Waals surface area contributed by atoms with Crippen molar-refractivity contribution in [3.05, 3.63) is 18.7 Å². The summed E-state index contributed by atoms with van der Waals surface area (Å²) >= 11 is 0. The van der Waals surface area contributed by atoms with Gasteiger partial charge in [0.05, 0.1) is 12.9 Å². The molecule has 2 rings (SSSR count). The van der Waals surface area contributed by atoms with Crippen LogP contribution in [-0.4, -0.2) is 71.6 Å². The second kappa shape index (κ2) is 7.25. The van der Waals surface area contributed by atoms with Crippen molar-refractivity contribution < 1.29 is 4.79 Å². The fourth-order valence-electron chi connectivity index (χ4n) is 2.27. The van der Waals surface area contributed by atoms with E-state index in [9.17, 15) is 4.79 Å². The van der Waals surface area contributed by atoms with Gasteiger partial charge in [0.1, 0.15) is 0 Å². The van der Waals surface area contributed by atoms with Crippen molar-refractivity contribution in [2.24, 2.45) is 0 Å². The number of hydrogen-bond donors (Lipinski definition) is 1. The van der Waals surface area contributed by atoms with Crippen LogP contribution in [0.2, 0.25) is 0 Å². The highest BCUT2D eigenvalue weighted by atomic mass is 16.2. The van der Waals surface area contributed by atoms with E-state index in [0.717, 1.165) is 45.7 Å². The molecule has 0 aliphatic carbocycles. The number of amides is 1. The van der Waals surface area contributed by atoms with Crippen molar-refractivity contribution in [1.29, 1.82) is 0 Å². The van der Waals surface area contributed by atoms with Gasteiger partial charge in [0.25, 0.3) is 0 Å². The Morgan fingerprint density at radius 1 is 1.42 bits per heavy atom. The molecule has 19 heavy (non-hydrogen) atoms. The average Bonchev–Trinajstić information content (AvgIpc) is 2.93. The summed E-state index contributed by atoms with van der Waals surface area (Å²) in [6, 6.07) is 0. The van der Waals surface area contributed by atoms with E-state index in [1.54, 1.807) is 6.20 Å².